The third kappa shape index (κ3) is 5.01. The van der Waals surface area contributed by atoms with Crippen molar-refractivity contribution in [3.05, 3.63) is 35.4 Å². The zero-order chi connectivity index (χ0) is 16.2. The highest BCUT2D eigenvalue weighted by Crippen LogP contribution is 2.16. The molecule has 1 rings (SSSR count). The fraction of sp³-hybridized carbons (Fsp3) is 0.333. The number of carbonyl (C=O) groups excluding carboxylic acids is 1. The lowest BCUT2D eigenvalue weighted by molar-refractivity contribution is -0.175. The molecule has 0 aliphatic rings. The van der Waals surface area contributed by atoms with Crippen molar-refractivity contribution in [3.8, 4) is 0 Å². The van der Waals surface area contributed by atoms with Gasteiger partial charge < -0.3 is 10.4 Å². The second kappa shape index (κ2) is 6.51. The molecule has 2 N–H and O–H groups in total. The molecule has 116 valence electrons. The average Bonchev–Trinajstić information content (AvgIpc) is 2.34. The molecule has 0 aliphatic carbocycles. The van der Waals surface area contributed by atoms with E-state index in [1.54, 1.807) is 0 Å². The summed E-state index contributed by atoms with van der Waals surface area (Å²) in [7, 11) is 0. The highest BCUT2D eigenvalue weighted by molar-refractivity contribution is 5.86. The lowest BCUT2D eigenvalue weighted by atomic mass is 10.0. The number of carboxylic acid groups (broad SMARTS) is 1. The Hall–Kier alpha value is -2.19. The van der Waals surface area contributed by atoms with E-state index >= 15 is 0 Å². The van der Waals surface area contributed by atoms with Crippen molar-refractivity contribution in [2.24, 2.45) is 0 Å². The summed E-state index contributed by atoms with van der Waals surface area (Å²) in [5.41, 5.74) is -0.0658. The smallest absolute Gasteiger partial charge is 0.471 e. The van der Waals surface area contributed by atoms with Gasteiger partial charge in [0.05, 0.1) is 0 Å². The molecule has 0 fully saturated rings. The van der Waals surface area contributed by atoms with Gasteiger partial charge >= 0.3 is 18.1 Å². The highest BCUT2D eigenvalue weighted by atomic mass is 19.4. The van der Waals surface area contributed by atoms with Gasteiger partial charge in [-0.3, -0.25) is 4.79 Å². The molecular weight excluding hydrogens is 301 g/mol. The molecule has 4 nitrogen and oxygen atoms in total. The first-order valence-electron chi connectivity index (χ1n) is 5.65. The largest absolute Gasteiger partial charge is 0.480 e. The van der Waals surface area contributed by atoms with Gasteiger partial charge in [-0.25, -0.2) is 13.6 Å². The Balaban J connectivity index is 2.72. The number of benzene rings is 1. The number of aliphatic carboxylic acids is 1. The fourth-order valence-electron chi connectivity index (χ4n) is 1.52. The first-order chi connectivity index (χ1) is 9.61. The quantitative estimate of drug-likeness (QED) is 0.818. The number of nitrogens with one attached hydrogen (secondary N) is 1. The van der Waals surface area contributed by atoms with E-state index in [0.29, 0.717) is 6.07 Å². The normalized spacial score (nSPS) is 12.8. The van der Waals surface area contributed by atoms with Gasteiger partial charge in [0.25, 0.3) is 0 Å². The van der Waals surface area contributed by atoms with Crippen molar-refractivity contribution in [2.45, 2.75) is 25.1 Å². The van der Waals surface area contributed by atoms with Gasteiger partial charge in [-0.05, 0) is 24.5 Å². The van der Waals surface area contributed by atoms with Crippen molar-refractivity contribution >= 4 is 11.9 Å². The predicted molar refractivity (Wildman–Crippen MR) is 60.3 cm³/mol. The number of hydrogen-bond donors (Lipinski definition) is 2. The van der Waals surface area contributed by atoms with Crippen LogP contribution in [0.1, 0.15) is 12.0 Å². The topological polar surface area (TPSA) is 66.4 Å². The molecule has 1 aromatic carbocycles. The van der Waals surface area contributed by atoms with Crippen LogP contribution in [0.25, 0.3) is 0 Å². The summed E-state index contributed by atoms with van der Waals surface area (Å²) in [5, 5.41) is 10.0. The van der Waals surface area contributed by atoms with E-state index in [0.717, 1.165) is 12.1 Å². The number of hydrogen-bond acceptors (Lipinski definition) is 2. The standard InChI is InChI=1S/C12H10F5NO3/c13-7-3-1-6(8(14)5-7)2-4-9(10(19)20)18-11(21)12(15,16)17/h1,3,5,9H,2,4H2,(H,18,21)(H,19,20). The maximum absolute atomic E-state index is 13.3. The molecule has 0 aliphatic heterocycles. The Labute approximate surface area is 115 Å². The van der Waals surface area contributed by atoms with Gasteiger partial charge in [-0.15, -0.1) is 0 Å². The van der Waals surface area contributed by atoms with Gasteiger partial charge in [0.15, 0.2) is 0 Å². The molecule has 0 saturated carbocycles. The van der Waals surface area contributed by atoms with Crippen molar-refractivity contribution in [1.29, 1.82) is 0 Å². The minimum absolute atomic E-state index is 0.0658. The molecule has 1 aromatic rings. The molecule has 0 spiro atoms. The summed E-state index contributed by atoms with van der Waals surface area (Å²) in [6.45, 7) is 0. The second-order valence-electron chi connectivity index (χ2n) is 4.14. The summed E-state index contributed by atoms with van der Waals surface area (Å²) < 4.78 is 62.1. The first kappa shape index (κ1) is 16.9. The van der Waals surface area contributed by atoms with E-state index in [4.69, 9.17) is 5.11 Å². The number of carboxylic acids is 1. The van der Waals surface area contributed by atoms with Crippen LogP contribution in [0.15, 0.2) is 18.2 Å². The van der Waals surface area contributed by atoms with Crippen LogP contribution in [-0.4, -0.2) is 29.2 Å². The fourth-order valence-corrected chi connectivity index (χ4v) is 1.52. The first-order valence-corrected chi connectivity index (χ1v) is 5.65. The molecule has 1 amide bonds. The highest BCUT2D eigenvalue weighted by Gasteiger charge is 2.40. The third-order valence-electron chi connectivity index (χ3n) is 2.58. The second-order valence-corrected chi connectivity index (χ2v) is 4.14. The average molecular weight is 311 g/mol. The van der Waals surface area contributed by atoms with Crippen molar-refractivity contribution in [2.75, 3.05) is 0 Å². The van der Waals surface area contributed by atoms with Crippen molar-refractivity contribution < 1.29 is 36.6 Å². The molecule has 0 aromatic heterocycles. The number of halogens is 5. The Bertz CT molecular complexity index is 544. The molecule has 1 atom stereocenters. The van der Waals surface area contributed by atoms with Crippen molar-refractivity contribution in [3.63, 3.8) is 0 Å². The van der Waals surface area contributed by atoms with Gasteiger partial charge in [-0.1, -0.05) is 6.07 Å². The molecule has 1 unspecified atom stereocenters. The number of alkyl halides is 3. The molecule has 9 heteroatoms. The molecular formula is C12H10F5NO3. The predicted octanol–water partition coefficient (Wildman–Crippen LogP) is 2.03. The van der Waals surface area contributed by atoms with Crippen LogP contribution in [0.3, 0.4) is 0 Å². The Morgan fingerprint density at radius 2 is 1.86 bits per heavy atom. The Kier molecular flexibility index (Phi) is 5.23. The van der Waals surface area contributed by atoms with Crippen molar-refractivity contribution in [1.82, 2.24) is 5.32 Å². The van der Waals surface area contributed by atoms with Crippen LogP contribution in [0.4, 0.5) is 22.0 Å². The van der Waals surface area contributed by atoms with E-state index in [-0.39, 0.29) is 12.0 Å². The molecule has 0 radical (unpaired) electrons. The minimum atomic E-state index is -5.21. The Morgan fingerprint density at radius 3 is 2.33 bits per heavy atom. The van der Waals surface area contributed by atoms with Gasteiger partial charge in [0.2, 0.25) is 0 Å². The van der Waals surface area contributed by atoms with Crippen LogP contribution in [0, 0.1) is 11.6 Å². The SMILES string of the molecule is O=C(O)C(CCc1ccc(F)cc1F)NC(=O)C(F)(F)F. The number of rotatable bonds is 5. The zero-order valence-electron chi connectivity index (χ0n) is 10.4. The third-order valence-corrected chi connectivity index (χ3v) is 2.58. The van der Waals surface area contributed by atoms with E-state index in [9.17, 15) is 31.5 Å². The lowest BCUT2D eigenvalue weighted by Crippen LogP contribution is -2.47. The van der Waals surface area contributed by atoms with Gasteiger partial charge in [0.1, 0.15) is 17.7 Å². The van der Waals surface area contributed by atoms with E-state index in [1.807, 2.05) is 0 Å². The molecule has 0 bridgehead atoms. The van der Waals surface area contributed by atoms with Crippen LogP contribution in [-0.2, 0) is 16.0 Å². The summed E-state index contributed by atoms with van der Waals surface area (Å²) in [6.07, 6.45) is -5.96. The summed E-state index contributed by atoms with van der Waals surface area (Å²) in [4.78, 5) is 21.5. The Morgan fingerprint density at radius 1 is 1.24 bits per heavy atom. The van der Waals surface area contributed by atoms with E-state index < -0.39 is 42.1 Å². The number of aryl methyl sites for hydroxylation is 1. The van der Waals surface area contributed by atoms with Crippen LogP contribution >= 0.6 is 0 Å². The summed E-state index contributed by atoms with van der Waals surface area (Å²) in [6, 6.07) is 0.723. The summed E-state index contributed by atoms with van der Waals surface area (Å²) in [5.74, 6) is -5.86. The summed E-state index contributed by atoms with van der Waals surface area (Å²) >= 11 is 0. The zero-order valence-corrected chi connectivity index (χ0v) is 10.4. The molecule has 0 heterocycles. The monoisotopic (exact) mass is 311 g/mol. The number of amides is 1. The van der Waals surface area contributed by atoms with Crippen LogP contribution in [0.2, 0.25) is 0 Å². The minimum Gasteiger partial charge on any atom is -0.480 e. The van der Waals surface area contributed by atoms with Gasteiger partial charge in [-0.2, -0.15) is 13.2 Å². The molecule has 21 heavy (non-hydrogen) atoms. The maximum Gasteiger partial charge on any atom is 0.471 e. The van der Waals surface area contributed by atoms with Gasteiger partial charge in [0, 0.05) is 6.07 Å². The molecule has 0 saturated heterocycles. The van der Waals surface area contributed by atoms with E-state index in [2.05, 4.69) is 0 Å². The van der Waals surface area contributed by atoms with E-state index in [1.165, 1.54) is 5.32 Å². The number of carbonyl (C=O) groups is 2. The van der Waals surface area contributed by atoms with Crippen LogP contribution < -0.4 is 5.32 Å². The van der Waals surface area contributed by atoms with Crippen LogP contribution in [0.5, 0.6) is 0 Å². The maximum atomic E-state index is 13.3. The lowest BCUT2D eigenvalue weighted by Gasteiger charge is -2.15.